The largest absolute Gasteiger partial charge is 0.370 e. The second-order valence-corrected chi connectivity index (χ2v) is 4.39. The zero-order valence-corrected chi connectivity index (χ0v) is 10.1. The van der Waals surface area contributed by atoms with Crippen molar-refractivity contribution in [3.8, 4) is 0 Å². The third kappa shape index (κ3) is 3.27. The summed E-state index contributed by atoms with van der Waals surface area (Å²) in [5.41, 5.74) is 6.71. The molecule has 1 rings (SSSR count). The Hall–Kier alpha value is -0.610. The molecule has 3 nitrogen and oxygen atoms in total. The topological polar surface area (TPSA) is 50.9 Å². The lowest BCUT2D eigenvalue weighted by atomic mass is 10.2. The molecule has 1 unspecified atom stereocenters. The summed E-state index contributed by atoms with van der Waals surface area (Å²) in [7, 11) is 0. The van der Waals surface area contributed by atoms with Gasteiger partial charge in [-0.15, -0.1) is 0 Å². The van der Waals surface area contributed by atoms with Gasteiger partial charge in [-0.25, -0.2) is 4.98 Å². The Morgan fingerprint density at radius 1 is 1.64 bits per heavy atom. The van der Waals surface area contributed by atoms with Crippen LogP contribution >= 0.6 is 15.9 Å². The van der Waals surface area contributed by atoms with Crippen LogP contribution in [0.25, 0.3) is 0 Å². The van der Waals surface area contributed by atoms with E-state index >= 15 is 0 Å². The highest BCUT2D eigenvalue weighted by atomic mass is 79.9. The Bertz CT molecular complexity index is 301. The van der Waals surface area contributed by atoms with Crippen molar-refractivity contribution >= 4 is 21.7 Å². The number of rotatable bonds is 4. The average Bonchev–Trinajstić information content (AvgIpc) is 2.19. The number of hydrogen-bond donors (Lipinski definition) is 2. The van der Waals surface area contributed by atoms with Crippen LogP contribution in [-0.2, 0) is 0 Å². The maximum Gasteiger partial charge on any atom is 0.126 e. The molecule has 0 radical (unpaired) electrons. The number of nitrogens with zero attached hydrogens (tertiary/aromatic N) is 1. The van der Waals surface area contributed by atoms with Crippen LogP contribution < -0.4 is 11.1 Å². The summed E-state index contributed by atoms with van der Waals surface area (Å²) in [6.07, 6.45) is 1.81. The van der Waals surface area contributed by atoms with Gasteiger partial charge in [0.25, 0.3) is 0 Å². The van der Waals surface area contributed by atoms with Gasteiger partial charge in [0.05, 0.1) is 0 Å². The number of aryl methyl sites for hydroxylation is 1. The van der Waals surface area contributed by atoms with E-state index in [1.54, 1.807) is 0 Å². The van der Waals surface area contributed by atoms with E-state index in [1.165, 1.54) is 5.56 Å². The zero-order valence-electron chi connectivity index (χ0n) is 8.55. The van der Waals surface area contributed by atoms with Crippen LogP contribution in [0.4, 0.5) is 5.82 Å². The maximum absolute atomic E-state index is 5.52. The lowest BCUT2D eigenvalue weighted by molar-refractivity contribution is 0.627. The molecular weight excluding hydrogens is 242 g/mol. The third-order valence-corrected chi connectivity index (χ3v) is 2.91. The minimum atomic E-state index is 0.473. The first-order valence-corrected chi connectivity index (χ1v) is 5.49. The van der Waals surface area contributed by atoms with Gasteiger partial charge >= 0.3 is 0 Å². The zero-order chi connectivity index (χ0) is 10.6. The Balaban J connectivity index is 2.55. The predicted octanol–water partition coefficient (Wildman–Crippen LogP) is 2.16. The van der Waals surface area contributed by atoms with Gasteiger partial charge in [-0.1, -0.05) is 6.92 Å². The van der Waals surface area contributed by atoms with Gasteiger partial charge < -0.3 is 11.1 Å². The maximum atomic E-state index is 5.52. The Morgan fingerprint density at radius 2 is 2.36 bits per heavy atom. The van der Waals surface area contributed by atoms with Gasteiger partial charge in [-0.05, 0) is 46.9 Å². The van der Waals surface area contributed by atoms with Crippen molar-refractivity contribution in [1.29, 1.82) is 0 Å². The predicted molar refractivity (Wildman–Crippen MR) is 63.4 cm³/mol. The molecule has 1 atom stereocenters. The molecule has 0 aliphatic carbocycles. The van der Waals surface area contributed by atoms with Crippen LogP contribution in [0.3, 0.4) is 0 Å². The van der Waals surface area contributed by atoms with Crippen molar-refractivity contribution in [2.45, 2.75) is 13.8 Å². The average molecular weight is 258 g/mol. The summed E-state index contributed by atoms with van der Waals surface area (Å²) in [5.74, 6) is 1.38. The number of nitrogens with one attached hydrogen (secondary N) is 1. The molecule has 0 saturated carbocycles. The first kappa shape index (κ1) is 11.5. The van der Waals surface area contributed by atoms with Gasteiger partial charge in [0, 0.05) is 17.2 Å². The summed E-state index contributed by atoms with van der Waals surface area (Å²) in [6, 6.07) is 2.02. The van der Waals surface area contributed by atoms with E-state index in [-0.39, 0.29) is 0 Å². The number of halogens is 1. The van der Waals surface area contributed by atoms with Gasteiger partial charge in [0.2, 0.25) is 0 Å². The smallest absolute Gasteiger partial charge is 0.126 e. The second kappa shape index (κ2) is 5.32. The molecule has 0 spiro atoms. The van der Waals surface area contributed by atoms with E-state index in [9.17, 15) is 0 Å². The fraction of sp³-hybridized carbons (Fsp3) is 0.500. The Labute approximate surface area is 93.2 Å². The summed E-state index contributed by atoms with van der Waals surface area (Å²) < 4.78 is 1.04. The highest BCUT2D eigenvalue weighted by Crippen LogP contribution is 2.17. The van der Waals surface area contributed by atoms with Crippen LogP contribution in [0, 0.1) is 12.8 Å². The van der Waals surface area contributed by atoms with Gasteiger partial charge in [0.15, 0.2) is 0 Å². The molecule has 0 aromatic carbocycles. The summed E-state index contributed by atoms with van der Waals surface area (Å²) in [4.78, 5) is 4.25. The second-order valence-electron chi connectivity index (χ2n) is 3.54. The van der Waals surface area contributed by atoms with Crippen molar-refractivity contribution in [2.75, 3.05) is 18.4 Å². The number of aromatic nitrogens is 1. The van der Waals surface area contributed by atoms with E-state index in [0.717, 1.165) is 16.8 Å². The molecular formula is C10H16BrN3. The van der Waals surface area contributed by atoms with Crippen molar-refractivity contribution < 1.29 is 0 Å². The van der Waals surface area contributed by atoms with Crippen LogP contribution in [-0.4, -0.2) is 18.1 Å². The van der Waals surface area contributed by atoms with Crippen LogP contribution in [0.15, 0.2) is 16.7 Å². The van der Waals surface area contributed by atoms with Crippen molar-refractivity contribution in [1.82, 2.24) is 4.98 Å². The molecule has 1 aromatic rings. The molecule has 1 aromatic heterocycles. The molecule has 0 saturated heterocycles. The highest BCUT2D eigenvalue weighted by molar-refractivity contribution is 9.10. The molecule has 0 fully saturated rings. The van der Waals surface area contributed by atoms with Crippen LogP contribution in [0.2, 0.25) is 0 Å². The highest BCUT2D eigenvalue weighted by Gasteiger charge is 2.01. The third-order valence-electron chi connectivity index (χ3n) is 2.08. The lowest BCUT2D eigenvalue weighted by Gasteiger charge is -2.11. The molecule has 0 bridgehead atoms. The molecule has 0 aliphatic rings. The SMILES string of the molecule is Cc1cc(NCC(C)CN)ncc1Br. The van der Waals surface area contributed by atoms with E-state index in [1.807, 2.05) is 19.2 Å². The van der Waals surface area contributed by atoms with Crippen LogP contribution in [0.5, 0.6) is 0 Å². The summed E-state index contributed by atoms with van der Waals surface area (Å²) >= 11 is 3.41. The Kier molecular flexibility index (Phi) is 4.35. The number of pyridine rings is 1. The minimum Gasteiger partial charge on any atom is -0.370 e. The Morgan fingerprint density at radius 3 is 2.93 bits per heavy atom. The molecule has 0 aliphatic heterocycles. The monoisotopic (exact) mass is 257 g/mol. The van der Waals surface area contributed by atoms with Crippen molar-refractivity contribution in [2.24, 2.45) is 11.7 Å². The van der Waals surface area contributed by atoms with Crippen molar-refractivity contribution in [3.63, 3.8) is 0 Å². The summed E-state index contributed by atoms with van der Waals surface area (Å²) in [6.45, 7) is 5.72. The van der Waals surface area contributed by atoms with Crippen LogP contribution in [0.1, 0.15) is 12.5 Å². The first-order chi connectivity index (χ1) is 6.63. The fourth-order valence-electron chi connectivity index (χ4n) is 0.998. The van der Waals surface area contributed by atoms with Gasteiger partial charge in [0.1, 0.15) is 5.82 Å². The van der Waals surface area contributed by atoms with Gasteiger partial charge in [-0.3, -0.25) is 0 Å². The summed E-state index contributed by atoms with van der Waals surface area (Å²) in [5, 5.41) is 3.25. The van der Waals surface area contributed by atoms with E-state index in [4.69, 9.17) is 5.73 Å². The first-order valence-electron chi connectivity index (χ1n) is 4.69. The number of nitrogens with two attached hydrogens (primary N) is 1. The molecule has 3 N–H and O–H groups in total. The molecule has 78 valence electrons. The number of anilines is 1. The van der Waals surface area contributed by atoms with E-state index < -0.39 is 0 Å². The van der Waals surface area contributed by atoms with E-state index in [2.05, 4.69) is 33.2 Å². The van der Waals surface area contributed by atoms with Crippen molar-refractivity contribution in [3.05, 3.63) is 22.3 Å². The molecule has 1 heterocycles. The van der Waals surface area contributed by atoms with Gasteiger partial charge in [-0.2, -0.15) is 0 Å². The lowest BCUT2D eigenvalue weighted by Crippen LogP contribution is -2.20. The molecule has 0 amide bonds. The normalized spacial score (nSPS) is 12.6. The quantitative estimate of drug-likeness (QED) is 0.870. The number of hydrogen-bond acceptors (Lipinski definition) is 3. The fourth-order valence-corrected chi connectivity index (χ4v) is 1.21. The molecule has 4 heteroatoms. The minimum absolute atomic E-state index is 0.473. The standard InChI is InChI=1S/C10H16BrN3/c1-7(4-12)5-13-10-3-8(2)9(11)6-14-10/h3,6-7H,4-5,12H2,1-2H3,(H,13,14). The van der Waals surface area contributed by atoms with E-state index in [0.29, 0.717) is 12.5 Å². The molecule has 14 heavy (non-hydrogen) atoms.